The first-order valence-electron chi connectivity index (χ1n) is 8.57. The van der Waals surface area contributed by atoms with Gasteiger partial charge in [0.15, 0.2) is 5.82 Å². The van der Waals surface area contributed by atoms with E-state index in [1.165, 1.54) is 4.31 Å². The van der Waals surface area contributed by atoms with Gasteiger partial charge in [0.1, 0.15) is 11.3 Å². The maximum absolute atomic E-state index is 13.4. The fourth-order valence-electron chi connectivity index (χ4n) is 3.18. The largest absolute Gasteiger partial charge is 0.285 e. The Morgan fingerprint density at radius 2 is 1.56 bits per heavy atom. The Morgan fingerprint density at radius 1 is 0.889 bits per heavy atom. The molecule has 0 amide bonds. The highest BCUT2D eigenvalue weighted by Crippen LogP contribution is 2.34. The highest BCUT2D eigenvalue weighted by Gasteiger charge is 2.28. The van der Waals surface area contributed by atoms with Crippen LogP contribution in [0, 0.1) is 6.92 Å². The Kier molecular flexibility index (Phi) is 4.20. The van der Waals surface area contributed by atoms with E-state index in [2.05, 4.69) is 0 Å². The van der Waals surface area contributed by atoms with Gasteiger partial charge in [-0.15, -0.1) is 0 Å². The first-order valence-corrected chi connectivity index (χ1v) is 10.0. The zero-order chi connectivity index (χ0) is 19.0. The lowest BCUT2D eigenvalue weighted by Gasteiger charge is -2.21. The second-order valence-corrected chi connectivity index (χ2v) is 8.25. The number of fused-ring (bicyclic) bond motifs is 1. The van der Waals surface area contributed by atoms with Crippen molar-refractivity contribution in [1.82, 2.24) is 9.38 Å². The number of hydrogen-bond acceptors (Lipinski definition) is 3. The Morgan fingerprint density at radius 3 is 2.30 bits per heavy atom. The fourth-order valence-corrected chi connectivity index (χ4v) is 4.60. The van der Waals surface area contributed by atoms with Crippen LogP contribution < -0.4 is 4.31 Å². The molecule has 0 aliphatic rings. The molecule has 2 heterocycles. The molecule has 0 radical (unpaired) electrons. The lowest BCUT2D eigenvalue weighted by Crippen LogP contribution is -2.28. The van der Waals surface area contributed by atoms with Gasteiger partial charge in [0, 0.05) is 18.8 Å². The first-order chi connectivity index (χ1) is 13.0. The molecule has 4 aromatic rings. The Bertz CT molecular complexity index is 1210. The van der Waals surface area contributed by atoms with Crippen molar-refractivity contribution < 1.29 is 8.42 Å². The standard InChI is InChI=1S/C21H19N3O2S/c1-16-10-6-7-13-18(16)27(25,26)23(2)21-20(17-11-4-3-5-12-17)22-19-14-8-9-15-24(19)21/h3-15H,1-2H3. The van der Waals surface area contributed by atoms with E-state index in [1.807, 2.05) is 60.8 Å². The Balaban J connectivity index is 1.97. The molecule has 0 N–H and O–H groups in total. The second-order valence-electron chi connectivity index (χ2n) is 6.32. The zero-order valence-corrected chi connectivity index (χ0v) is 15.9. The van der Waals surface area contributed by atoms with Crippen LogP contribution in [-0.2, 0) is 10.0 Å². The fraction of sp³-hybridized carbons (Fsp3) is 0.0952. The summed E-state index contributed by atoms with van der Waals surface area (Å²) in [6.07, 6.45) is 1.83. The van der Waals surface area contributed by atoms with Crippen molar-refractivity contribution in [3.05, 3.63) is 84.6 Å². The van der Waals surface area contributed by atoms with Gasteiger partial charge < -0.3 is 0 Å². The van der Waals surface area contributed by atoms with Crippen LogP contribution in [0.1, 0.15) is 5.56 Å². The van der Waals surface area contributed by atoms with E-state index < -0.39 is 10.0 Å². The van der Waals surface area contributed by atoms with Gasteiger partial charge in [-0.2, -0.15) is 0 Å². The summed E-state index contributed by atoms with van der Waals surface area (Å²) in [5, 5.41) is 0. The highest BCUT2D eigenvalue weighted by atomic mass is 32.2. The van der Waals surface area contributed by atoms with Crippen LogP contribution in [0.15, 0.2) is 83.9 Å². The third kappa shape index (κ3) is 2.88. The summed E-state index contributed by atoms with van der Waals surface area (Å²) in [6.45, 7) is 1.80. The summed E-state index contributed by atoms with van der Waals surface area (Å²) in [4.78, 5) is 4.98. The van der Waals surface area contributed by atoms with Gasteiger partial charge in [-0.3, -0.25) is 8.71 Å². The van der Waals surface area contributed by atoms with Crippen molar-refractivity contribution in [2.75, 3.05) is 11.4 Å². The van der Waals surface area contributed by atoms with E-state index in [1.54, 1.807) is 36.6 Å². The average molecular weight is 377 g/mol. The molecule has 0 saturated carbocycles. The van der Waals surface area contributed by atoms with Gasteiger partial charge in [0.2, 0.25) is 0 Å². The van der Waals surface area contributed by atoms with Crippen LogP contribution in [0.3, 0.4) is 0 Å². The number of sulfonamides is 1. The van der Waals surface area contributed by atoms with Crippen LogP contribution in [0.5, 0.6) is 0 Å². The number of pyridine rings is 1. The summed E-state index contributed by atoms with van der Waals surface area (Å²) in [5.74, 6) is 0.514. The van der Waals surface area contributed by atoms with Crippen molar-refractivity contribution in [3.63, 3.8) is 0 Å². The molecule has 5 nitrogen and oxygen atoms in total. The SMILES string of the molecule is Cc1ccccc1S(=O)(=O)N(C)c1c(-c2ccccc2)nc2ccccn12. The first kappa shape index (κ1) is 17.3. The highest BCUT2D eigenvalue weighted by molar-refractivity contribution is 7.92. The lowest BCUT2D eigenvalue weighted by molar-refractivity contribution is 0.593. The zero-order valence-electron chi connectivity index (χ0n) is 15.1. The molecule has 0 bridgehead atoms. The van der Waals surface area contributed by atoms with Crippen molar-refractivity contribution >= 4 is 21.5 Å². The number of anilines is 1. The van der Waals surface area contributed by atoms with Crippen molar-refractivity contribution in [3.8, 4) is 11.3 Å². The van der Waals surface area contributed by atoms with Crippen LogP contribution in [-0.4, -0.2) is 24.9 Å². The van der Waals surface area contributed by atoms with Gasteiger partial charge in [-0.1, -0.05) is 54.6 Å². The minimum Gasteiger partial charge on any atom is -0.285 e. The van der Waals surface area contributed by atoms with E-state index in [-0.39, 0.29) is 4.90 Å². The van der Waals surface area contributed by atoms with E-state index in [0.29, 0.717) is 22.7 Å². The summed E-state index contributed by atoms with van der Waals surface area (Å²) >= 11 is 0. The molecule has 0 atom stereocenters. The second kappa shape index (κ2) is 6.55. The van der Waals surface area contributed by atoms with E-state index in [9.17, 15) is 8.42 Å². The van der Waals surface area contributed by atoms with Crippen LogP contribution in [0.25, 0.3) is 16.9 Å². The number of benzene rings is 2. The summed E-state index contributed by atoms with van der Waals surface area (Å²) in [5.41, 5.74) is 2.89. The van der Waals surface area contributed by atoms with E-state index in [4.69, 9.17) is 4.98 Å². The molecule has 136 valence electrons. The van der Waals surface area contributed by atoms with Crippen molar-refractivity contribution in [2.45, 2.75) is 11.8 Å². The van der Waals surface area contributed by atoms with Crippen LogP contribution in [0.4, 0.5) is 5.82 Å². The maximum atomic E-state index is 13.4. The molecule has 2 aromatic heterocycles. The predicted molar refractivity (Wildman–Crippen MR) is 107 cm³/mol. The molecule has 0 aliphatic carbocycles. The smallest absolute Gasteiger partial charge is 0.265 e. The van der Waals surface area contributed by atoms with Crippen LogP contribution >= 0.6 is 0 Å². The summed E-state index contributed by atoms with van der Waals surface area (Å²) in [7, 11) is -2.17. The molecule has 0 spiro atoms. The maximum Gasteiger partial charge on any atom is 0.265 e. The normalized spacial score (nSPS) is 11.6. The number of imidazole rings is 1. The van der Waals surface area contributed by atoms with Gasteiger partial charge in [0.05, 0.1) is 4.90 Å². The van der Waals surface area contributed by atoms with E-state index >= 15 is 0 Å². The molecule has 0 aliphatic heterocycles. The molecule has 0 unspecified atom stereocenters. The number of hydrogen-bond donors (Lipinski definition) is 0. The van der Waals surface area contributed by atoms with Gasteiger partial charge >= 0.3 is 0 Å². The minimum absolute atomic E-state index is 0.289. The summed E-state index contributed by atoms with van der Waals surface area (Å²) < 4.78 is 29.8. The van der Waals surface area contributed by atoms with Crippen molar-refractivity contribution in [2.24, 2.45) is 0 Å². The minimum atomic E-state index is -3.74. The molecule has 0 fully saturated rings. The number of rotatable bonds is 4. The molecule has 4 rings (SSSR count). The Labute approximate surface area is 158 Å². The monoisotopic (exact) mass is 377 g/mol. The van der Waals surface area contributed by atoms with Gasteiger partial charge in [0.25, 0.3) is 10.0 Å². The molecule has 0 saturated heterocycles. The van der Waals surface area contributed by atoms with Crippen LogP contribution in [0.2, 0.25) is 0 Å². The molecular formula is C21H19N3O2S. The quantitative estimate of drug-likeness (QED) is 0.537. The average Bonchev–Trinajstić information content (AvgIpc) is 3.07. The van der Waals surface area contributed by atoms with E-state index in [0.717, 1.165) is 5.56 Å². The summed E-state index contributed by atoms with van der Waals surface area (Å²) in [6, 6.07) is 22.2. The molecule has 2 aromatic carbocycles. The lowest BCUT2D eigenvalue weighted by atomic mass is 10.1. The molecule has 27 heavy (non-hydrogen) atoms. The molecule has 6 heteroatoms. The third-order valence-electron chi connectivity index (χ3n) is 4.58. The molecular weight excluding hydrogens is 358 g/mol. The Hall–Kier alpha value is -3.12. The van der Waals surface area contributed by atoms with Crippen molar-refractivity contribution in [1.29, 1.82) is 0 Å². The topological polar surface area (TPSA) is 54.7 Å². The number of aryl methyl sites for hydroxylation is 1. The third-order valence-corrected chi connectivity index (χ3v) is 6.49. The van der Waals surface area contributed by atoms with Gasteiger partial charge in [-0.25, -0.2) is 13.4 Å². The number of nitrogens with zero attached hydrogens (tertiary/aromatic N) is 3. The number of aromatic nitrogens is 2. The predicted octanol–water partition coefficient (Wildman–Crippen LogP) is 4.13. The van der Waals surface area contributed by atoms with Gasteiger partial charge in [-0.05, 0) is 30.7 Å².